The van der Waals surface area contributed by atoms with E-state index in [4.69, 9.17) is 5.73 Å². The number of halogens is 3. The van der Waals surface area contributed by atoms with E-state index in [1.807, 2.05) is 13.8 Å². The average molecular weight is 385 g/mol. The van der Waals surface area contributed by atoms with Gasteiger partial charge in [-0.2, -0.15) is 0 Å². The first-order chi connectivity index (χ1) is 9.50. The summed E-state index contributed by atoms with van der Waals surface area (Å²) in [5, 5.41) is 0. The van der Waals surface area contributed by atoms with Crippen molar-refractivity contribution in [3.05, 3.63) is 28.2 Å². The van der Waals surface area contributed by atoms with E-state index in [-0.39, 0.29) is 16.9 Å². The average Bonchev–Trinajstić information content (AvgIpc) is 2.24. The molecule has 8 heteroatoms. The van der Waals surface area contributed by atoms with Crippen LogP contribution >= 0.6 is 15.9 Å². The molecule has 0 spiro atoms. The summed E-state index contributed by atoms with van der Waals surface area (Å²) < 4.78 is 53.9. The molecule has 0 saturated carbocycles. The molecule has 1 unspecified atom stereocenters. The molecule has 0 aliphatic rings. The minimum atomic E-state index is -4.17. The molecule has 1 aromatic carbocycles. The largest absolute Gasteiger partial charge is 0.329 e. The van der Waals surface area contributed by atoms with Crippen LogP contribution in [0.15, 0.2) is 21.5 Å². The summed E-state index contributed by atoms with van der Waals surface area (Å²) in [6.07, 6.45) is 0.489. The van der Waals surface area contributed by atoms with Crippen LogP contribution < -0.4 is 10.5 Å². The van der Waals surface area contributed by atoms with Gasteiger partial charge in [0.25, 0.3) is 0 Å². The van der Waals surface area contributed by atoms with Gasteiger partial charge >= 0.3 is 0 Å². The molecule has 21 heavy (non-hydrogen) atoms. The van der Waals surface area contributed by atoms with Crippen LogP contribution in [-0.2, 0) is 10.0 Å². The molecule has 1 aromatic rings. The molecule has 0 amide bonds. The zero-order valence-corrected chi connectivity index (χ0v) is 14.5. The van der Waals surface area contributed by atoms with Gasteiger partial charge < -0.3 is 5.73 Å². The molecule has 0 fully saturated rings. The van der Waals surface area contributed by atoms with Crippen LogP contribution in [0, 0.1) is 17.6 Å². The number of rotatable bonds is 6. The maximum atomic E-state index is 13.8. The van der Waals surface area contributed by atoms with Crippen LogP contribution in [0.25, 0.3) is 0 Å². The summed E-state index contributed by atoms with van der Waals surface area (Å²) >= 11 is 2.88. The lowest BCUT2D eigenvalue weighted by Crippen LogP contribution is -2.52. The van der Waals surface area contributed by atoms with Crippen molar-refractivity contribution >= 4 is 26.0 Å². The molecule has 0 aliphatic carbocycles. The molecular formula is C13H19BrF2N2O2S. The second-order valence-electron chi connectivity index (χ2n) is 5.67. The normalized spacial score (nSPS) is 15.2. The summed E-state index contributed by atoms with van der Waals surface area (Å²) in [6, 6.07) is 1.43. The fourth-order valence-corrected chi connectivity index (χ4v) is 4.82. The monoisotopic (exact) mass is 384 g/mol. The van der Waals surface area contributed by atoms with Crippen LogP contribution in [0.1, 0.15) is 27.2 Å². The molecular weight excluding hydrogens is 366 g/mol. The lowest BCUT2D eigenvalue weighted by Gasteiger charge is -2.31. The van der Waals surface area contributed by atoms with Gasteiger partial charge in [0.1, 0.15) is 16.5 Å². The highest BCUT2D eigenvalue weighted by molar-refractivity contribution is 9.10. The van der Waals surface area contributed by atoms with E-state index in [1.54, 1.807) is 6.92 Å². The summed E-state index contributed by atoms with van der Waals surface area (Å²) in [6.45, 7) is 5.57. The zero-order valence-electron chi connectivity index (χ0n) is 12.1. The quantitative estimate of drug-likeness (QED) is 0.791. The maximum Gasteiger partial charge on any atom is 0.245 e. The fourth-order valence-electron chi connectivity index (χ4n) is 2.23. The second kappa shape index (κ2) is 6.68. The Labute approximate surface area is 132 Å². The first-order valence-corrected chi connectivity index (χ1v) is 8.67. The van der Waals surface area contributed by atoms with E-state index in [2.05, 4.69) is 20.7 Å². The van der Waals surface area contributed by atoms with Gasteiger partial charge in [-0.1, -0.05) is 13.8 Å². The molecule has 0 saturated heterocycles. The van der Waals surface area contributed by atoms with E-state index < -0.39 is 32.1 Å². The van der Waals surface area contributed by atoms with Gasteiger partial charge in [0.2, 0.25) is 10.0 Å². The van der Waals surface area contributed by atoms with Crippen molar-refractivity contribution in [1.82, 2.24) is 4.72 Å². The number of hydrogen-bond donors (Lipinski definition) is 2. The van der Waals surface area contributed by atoms with E-state index in [1.165, 1.54) is 0 Å². The SMILES string of the molecule is CC(C)CC(C)(CN)NS(=O)(=O)c1c(F)cc(F)cc1Br. The smallest absolute Gasteiger partial charge is 0.245 e. The molecule has 0 heterocycles. The number of nitrogens with one attached hydrogen (secondary N) is 1. The van der Waals surface area contributed by atoms with Crippen molar-refractivity contribution in [3.63, 3.8) is 0 Å². The molecule has 3 N–H and O–H groups in total. The van der Waals surface area contributed by atoms with E-state index >= 15 is 0 Å². The van der Waals surface area contributed by atoms with Gasteiger partial charge in [0, 0.05) is 22.6 Å². The summed E-state index contributed by atoms with van der Waals surface area (Å²) in [7, 11) is -4.17. The summed E-state index contributed by atoms with van der Waals surface area (Å²) in [4.78, 5) is -0.618. The standard InChI is InChI=1S/C13H19BrF2N2O2S/c1-8(2)6-13(3,7-17)18-21(19,20)12-10(14)4-9(15)5-11(12)16/h4-5,8,18H,6-7,17H2,1-3H3. The highest BCUT2D eigenvalue weighted by Gasteiger charge is 2.33. The Morgan fingerprint density at radius 1 is 1.38 bits per heavy atom. The van der Waals surface area contributed by atoms with E-state index in [0.717, 1.165) is 6.07 Å². The third kappa shape index (κ3) is 4.70. The third-order valence-corrected chi connectivity index (χ3v) is 5.52. The molecule has 0 aromatic heterocycles. The Balaban J connectivity index is 3.24. The van der Waals surface area contributed by atoms with Gasteiger partial charge in [-0.05, 0) is 41.3 Å². The molecule has 0 aliphatic heterocycles. The molecule has 120 valence electrons. The highest BCUT2D eigenvalue weighted by atomic mass is 79.9. The van der Waals surface area contributed by atoms with Gasteiger partial charge in [-0.15, -0.1) is 0 Å². The summed E-state index contributed by atoms with van der Waals surface area (Å²) in [5.74, 6) is -1.82. The van der Waals surface area contributed by atoms with Crippen molar-refractivity contribution in [2.75, 3.05) is 6.54 Å². The molecule has 4 nitrogen and oxygen atoms in total. The van der Waals surface area contributed by atoms with E-state index in [0.29, 0.717) is 12.5 Å². The van der Waals surface area contributed by atoms with Gasteiger partial charge in [0.15, 0.2) is 0 Å². The zero-order chi connectivity index (χ0) is 16.4. The first kappa shape index (κ1) is 18.5. The molecule has 1 rings (SSSR count). The third-order valence-electron chi connectivity index (χ3n) is 2.92. The second-order valence-corrected chi connectivity index (χ2v) is 8.14. The number of sulfonamides is 1. The van der Waals surface area contributed by atoms with Crippen LogP contribution in [0.3, 0.4) is 0 Å². The first-order valence-electron chi connectivity index (χ1n) is 6.39. The van der Waals surface area contributed by atoms with Crippen LogP contribution in [-0.4, -0.2) is 20.5 Å². The Morgan fingerprint density at radius 2 is 1.95 bits per heavy atom. The Bertz CT molecular complexity index is 600. The van der Waals surface area contributed by atoms with Crippen molar-refractivity contribution < 1.29 is 17.2 Å². The number of benzene rings is 1. The number of nitrogens with two attached hydrogens (primary N) is 1. The van der Waals surface area contributed by atoms with Crippen molar-refractivity contribution in [2.45, 2.75) is 37.6 Å². The lowest BCUT2D eigenvalue weighted by atomic mass is 9.92. The predicted molar refractivity (Wildman–Crippen MR) is 81.3 cm³/mol. The summed E-state index contributed by atoms with van der Waals surface area (Å²) in [5.41, 5.74) is 4.74. The number of hydrogen-bond acceptors (Lipinski definition) is 3. The predicted octanol–water partition coefficient (Wildman–Crippen LogP) is 2.77. The fraction of sp³-hybridized carbons (Fsp3) is 0.538. The van der Waals surface area contributed by atoms with Crippen LogP contribution in [0.5, 0.6) is 0 Å². The molecule has 0 bridgehead atoms. The highest BCUT2D eigenvalue weighted by Crippen LogP contribution is 2.28. The van der Waals surface area contributed by atoms with Crippen molar-refractivity contribution in [2.24, 2.45) is 11.7 Å². The lowest BCUT2D eigenvalue weighted by molar-refractivity contribution is 0.344. The molecule has 1 atom stereocenters. The Morgan fingerprint density at radius 3 is 2.38 bits per heavy atom. The maximum absolute atomic E-state index is 13.8. The molecule has 0 radical (unpaired) electrons. The minimum Gasteiger partial charge on any atom is -0.329 e. The van der Waals surface area contributed by atoms with Gasteiger partial charge in [-0.25, -0.2) is 21.9 Å². The van der Waals surface area contributed by atoms with E-state index in [9.17, 15) is 17.2 Å². The Hall–Kier alpha value is -0.570. The van der Waals surface area contributed by atoms with Crippen LogP contribution in [0.4, 0.5) is 8.78 Å². The van der Waals surface area contributed by atoms with Gasteiger partial charge in [-0.3, -0.25) is 0 Å². The topological polar surface area (TPSA) is 72.2 Å². The Kier molecular flexibility index (Phi) is 5.88. The van der Waals surface area contributed by atoms with Crippen molar-refractivity contribution in [3.8, 4) is 0 Å². The van der Waals surface area contributed by atoms with Gasteiger partial charge in [0.05, 0.1) is 0 Å². The minimum absolute atomic E-state index is 0.0604. The van der Waals surface area contributed by atoms with Crippen LogP contribution in [0.2, 0.25) is 0 Å². The van der Waals surface area contributed by atoms with Crippen molar-refractivity contribution in [1.29, 1.82) is 0 Å².